The summed E-state index contributed by atoms with van der Waals surface area (Å²) < 4.78 is 14.0. The summed E-state index contributed by atoms with van der Waals surface area (Å²) in [4.78, 5) is 22.1. The smallest absolute Gasteiger partial charge is 0.277 e. The van der Waals surface area contributed by atoms with Gasteiger partial charge in [-0.3, -0.25) is 9.20 Å². The van der Waals surface area contributed by atoms with Gasteiger partial charge in [0.15, 0.2) is 0 Å². The number of methoxy groups -OCH3 is 1. The van der Waals surface area contributed by atoms with Crippen molar-refractivity contribution >= 4 is 16.6 Å². The third-order valence-corrected chi connectivity index (χ3v) is 5.63. The van der Waals surface area contributed by atoms with Crippen LogP contribution in [0.1, 0.15) is 31.6 Å². The molecule has 1 fully saturated rings. The Kier molecular flexibility index (Phi) is 4.21. The molecule has 1 aliphatic rings. The summed E-state index contributed by atoms with van der Waals surface area (Å²) in [6.07, 6.45) is 4.60. The van der Waals surface area contributed by atoms with E-state index in [1.54, 1.807) is 22.4 Å². The van der Waals surface area contributed by atoms with E-state index in [9.17, 15) is 9.90 Å². The van der Waals surface area contributed by atoms with E-state index in [1.807, 2.05) is 24.3 Å². The summed E-state index contributed by atoms with van der Waals surface area (Å²) in [6.45, 7) is 0.817. The number of aliphatic hydroxyl groups is 1. The molecule has 0 amide bonds. The predicted octanol–water partition coefficient (Wildman–Crippen LogP) is 2.11. The average molecular weight is 395 g/mol. The Labute approximate surface area is 165 Å². The lowest BCUT2D eigenvalue weighted by Gasteiger charge is -2.15. The van der Waals surface area contributed by atoms with Crippen LogP contribution < -0.4 is 5.56 Å². The molecule has 3 aromatic heterocycles. The third-order valence-electron chi connectivity index (χ3n) is 5.63. The molecule has 1 aliphatic carbocycles. The average Bonchev–Trinajstić information content (AvgIpc) is 3.47. The van der Waals surface area contributed by atoms with Gasteiger partial charge in [-0.25, -0.2) is 4.98 Å². The highest BCUT2D eigenvalue weighted by Gasteiger charge is 2.39. The lowest BCUT2D eigenvalue weighted by atomic mass is 10.0. The Hall–Kier alpha value is -3.04. The van der Waals surface area contributed by atoms with Crippen molar-refractivity contribution in [3.63, 3.8) is 0 Å². The lowest BCUT2D eigenvalue weighted by molar-refractivity contribution is 0.0112. The fraction of sp³-hybridized carbons (Fsp3) is 0.400. The largest absolute Gasteiger partial charge is 0.383 e. The van der Waals surface area contributed by atoms with Gasteiger partial charge in [-0.1, -0.05) is 17.3 Å². The molecule has 5 rings (SSSR count). The molecule has 9 nitrogen and oxygen atoms in total. The molecule has 0 unspecified atom stereocenters. The first-order chi connectivity index (χ1) is 14.1. The van der Waals surface area contributed by atoms with Crippen LogP contribution in [0.5, 0.6) is 0 Å². The fourth-order valence-electron chi connectivity index (χ4n) is 4.12. The van der Waals surface area contributed by atoms with E-state index in [0.29, 0.717) is 37.2 Å². The van der Waals surface area contributed by atoms with Crippen molar-refractivity contribution in [1.82, 2.24) is 24.1 Å². The zero-order chi connectivity index (χ0) is 20.0. The van der Waals surface area contributed by atoms with Crippen molar-refractivity contribution in [2.45, 2.75) is 37.8 Å². The van der Waals surface area contributed by atoms with Gasteiger partial charge < -0.3 is 18.9 Å². The molecule has 0 radical (unpaired) electrons. The minimum atomic E-state index is -1.09. The van der Waals surface area contributed by atoms with Gasteiger partial charge in [0.2, 0.25) is 5.82 Å². The molecular weight excluding hydrogens is 374 g/mol. The first-order valence-corrected chi connectivity index (χ1v) is 9.67. The molecule has 4 aromatic rings. The number of nitrogens with zero attached hydrogens (tertiary/aromatic N) is 5. The normalized spacial score (nSPS) is 16.2. The van der Waals surface area contributed by atoms with Gasteiger partial charge in [0.05, 0.1) is 17.6 Å². The Morgan fingerprint density at radius 2 is 2.00 bits per heavy atom. The summed E-state index contributed by atoms with van der Waals surface area (Å²) in [6, 6.07) is 7.63. The molecule has 0 bridgehead atoms. The molecule has 150 valence electrons. The summed E-state index contributed by atoms with van der Waals surface area (Å²) >= 11 is 0. The van der Waals surface area contributed by atoms with Crippen LogP contribution in [-0.2, 0) is 16.9 Å². The quantitative estimate of drug-likeness (QED) is 0.551. The minimum Gasteiger partial charge on any atom is -0.383 e. The number of benzene rings is 1. The van der Waals surface area contributed by atoms with Crippen LogP contribution in [0.25, 0.3) is 28.1 Å². The molecule has 1 N–H and O–H groups in total. The molecule has 1 saturated carbocycles. The lowest BCUT2D eigenvalue weighted by Crippen LogP contribution is -2.25. The maximum atomic E-state index is 13.3. The molecule has 3 heterocycles. The number of hydrogen-bond donors (Lipinski definition) is 1. The highest BCUT2D eigenvalue weighted by molar-refractivity contribution is 5.83. The van der Waals surface area contributed by atoms with E-state index < -0.39 is 5.60 Å². The number of fused-ring (bicyclic) bond motifs is 3. The highest BCUT2D eigenvalue weighted by Crippen LogP contribution is 2.38. The van der Waals surface area contributed by atoms with Crippen LogP contribution in [-0.4, -0.2) is 42.9 Å². The second-order valence-corrected chi connectivity index (χ2v) is 7.41. The van der Waals surface area contributed by atoms with Crippen LogP contribution >= 0.6 is 0 Å². The van der Waals surface area contributed by atoms with E-state index in [4.69, 9.17) is 9.26 Å². The monoisotopic (exact) mass is 395 g/mol. The van der Waals surface area contributed by atoms with E-state index in [2.05, 4.69) is 15.1 Å². The maximum Gasteiger partial charge on any atom is 0.277 e. The molecule has 29 heavy (non-hydrogen) atoms. The van der Waals surface area contributed by atoms with Crippen molar-refractivity contribution < 1.29 is 14.4 Å². The van der Waals surface area contributed by atoms with Gasteiger partial charge in [0, 0.05) is 13.7 Å². The first kappa shape index (κ1) is 18.0. The predicted molar refractivity (Wildman–Crippen MR) is 104 cm³/mol. The van der Waals surface area contributed by atoms with E-state index in [0.717, 1.165) is 23.9 Å². The molecule has 9 heteroatoms. The van der Waals surface area contributed by atoms with Gasteiger partial charge in [-0.2, -0.15) is 4.98 Å². The standard InChI is InChI=1S/C20H21N5O4/c1-28-11-10-24-13-6-2-3-7-14(13)25-12-21-15(16(25)18(24)26)17-22-19(29-23-17)20(27)8-4-5-9-20/h2-3,6-7,12,27H,4-5,8-11H2,1H3. The summed E-state index contributed by atoms with van der Waals surface area (Å²) in [5.74, 6) is 0.389. The van der Waals surface area contributed by atoms with Crippen molar-refractivity contribution in [3.8, 4) is 11.5 Å². The summed E-state index contributed by atoms with van der Waals surface area (Å²) in [5.41, 5.74) is 1.04. The number of hydrogen-bond acceptors (Lipinski definition) is 7. The summed E-state index contributed by atoms with van der Waals surface area (Å²) in [5, 5.41) is 14.7. The summed E-state index contributed by atoms with van der Waals surface area (Å²) in [7, 11) is 1.60. The molecule has 0 aliphatic heterocycles. The number of aromatic nitrogens is 5. The number of rotatable bonds is 5. The first-order valence-electron chi connectivity index (χ1n) is 9.67. The highest BCUT2D eigenvalue weighted by atomic mass is 16.5. The molecular formula is C20H21N5O4. The van der Waals surface area contributed by atoms with Crippen LogP contribution in [0.2, 0.25) is 0 Å². The van der Waals surface area contributed by atoms with Crippen LogP contribution in [0.3, 0.4) is 0 Å². The maximum absolute atomic E-state index is 13.3. The third kappa shape index (κ3) is 2.77. The molecule has 0 spiro atoms. The fourth-order valence-corrected chi connectivity index (χ4v) is 4.12. The van der Waals surface area contributed by atoms with Crippen LogP contribution in [0.4, 0.5) is 0 Å². The zero-order valence-electron chi connectivity index (χ0n) is 16.0. The number of imidazole rings is 1. The van der Waals surface area contributed by atoms with Crippen molar-refractivity contribution in [2.24, 2.45) is 0 Å². The van der Waals surface area contributed by atoms with Crippen molar-refractivity contribution in [2.75, 3.05) is 13.7 Å². The van der Waals surface area contributed by atoms with Gasteiger partial charge in [-0.15, -0.1) is 0 Å². The van der Waals surface area contributed by atoms with E-state index in [1.165, 1.54) is 0 Å². The second-order valence-electron chi connectivity index (χ2n) is 7.41. The second kappa shape index (κ2) is 6.78. The Morgan fingerprint density at radius 1 is 1.24 bits per heavy atom. The van der Waals surface area contributed by atoms with Gasteiger partial charge in [0.1, 0.15) is 23.1 Å². The Balaban J connectivity index is 1.71. The molecule has 0 atom stereocenters. The zero-order valence-corrected chi connectivity index (χ0v) is 16.0. The van der Waals surface area contributed by atoms with Gasteiger partial charge >= 0.3 is 0 Å². The van der Waals surface area contributed by atoms with Crippen molar-refractivity contribution in [3.05, 3.63) is 46.8 Å². The SMILES string of the molecule is COCCn1c(=O)c2c(-c3noc(C4(O)CCCC4)n3)ncn2c2ccccc21. The van der Waals surface area contributed by atoms with Crippen molar-refractivity contribution in [1.29, 1.82) is 0 Å². The molecule has 0 saturated heterocycles. The topological polar surface area (TPSA) is 108 Å². The Morgan fingerprint density at radius 3 is 2.76 bits per heavy atom. The number of ether oxygens (including phenoxy) is 1. The van der Waals surface area contributed by atoms with E-state index >= 15 is 0 Å². The van der Waals surface area contributed by atoms with Crippen LogP contribution in [0.15, 0.2) is 39.9 Å². The van der Waals surface area contributed by atoms with E-state index in [-0.39, 0.29) is 17.3 Å². The number of para-hydroxylation sites is 2. The van der Waals surface area contributed by atoms with Gasteiger partial charge in [0.25, 0.3) is 11.4 Å². The minimum absolute atomic E-state index is 0.187. The van der Waals surface area contributed by atoms with Crippen LogP contribution in [0, 0.1) is 0 Å². The Bertz CT molecular complexity index is 1250. The molecule has 1 aromatic carbocycles. The van der Waals surface area contributed by atoms with Gasteiger partial charge in [-0.05, 0) is 37.8 Å².